The molecular formula is C19H20N6O2. The van der Waals surface area contributed by atoms with Crippen LogP contribution in [0.5, 0.6) is 0 Å². The van der Waals surface area contributed by atoms with Crippen LogP contribution in [-0.4, -0.2) is 49.3 Å². The maximum absolute atomic E-state index is 12.8. The van der Waals surface area contributed by atoms with Crippen LogP contribution in [0.2, 0.25) is 0 Å². The number of likely N-dealkylation sites (tertiary alicyclic amines) is 1. The number of hydrogen-bond acceptors (Lipinski definition) is 4. The Morgan fingerprint density at radius 3 is 2.89 bits per heavy atom. The van der Waals surface area contributed by atoms with Crippen LogP contribution >= 0.6 is 0 Å². The number of nitrogens with one attached hydrogen (secondary N) is 2. The number of aromatic nitrogens is 4. The minimum absolute atomic E-state index is 0.189. The summed E-state index contributed by atoms with van der Waals surface area (Å²) in [5.74, 6) is -0.409. The molecule has 0 radical (unpaired) electrons. The fourth-order valence-electron chi connectivity index (χ4n) is 3.33. The standard InChI is InChI=1S/C19H20N6O2/c1-13-11-16(23-22-13)19(27)24-9-3-7-17(24)18(26)21-14-5-2-6-15(12-14)25-10-4-8-20-25/h2,4-6,8,10-12,17H,3,7,9H2,1H3,(H,21,26)(H,22,23)/t17-/m0/s1. The Morgan fingerprint density at radius 2 is 2.15 bits per heavy atom. The lowest BCUT2D eigenvalue weighted by atomic mass is 10.2. The molecule has 138 valence electrons. The van der Waals surface area contributed by atoms with E-state index in [-0.39, 0.29) is 11.8 Å². The van der Waals surface area contributed by atoms with Gasteiger partial charge < -0.3 is 10.2 Å². The third-order valence-corrected chi connectivity index (χ3v) is 4.62. The second-order valence-corrected chi connectivity index (χ2v) is 6.58. The minimum atomic E-state index is -0.497. The van der Waals surface area contributed by atoms with Gasteiger partial charge in [-0.3, -0.25) is 14.7 Å². The van der Waals surface area contributed by atoms with Crippen molar-refractivity contribution in [3.05, 3.63) is 60.2 Å². The molecule has 1 aliphatic rings. The summed E-state index contributed by atoms with van der Waals surface area (Å²) in [5, 5.41) is 13.9. The molecule has 3 aromatic rings. The van der Waals surface area contributed by atoms with Gasteiger partial charge >= 0.3 is 0 Å². The number of H-pyrrole nitrogens is 1. The normalized spacial score (nSPS) is 16.5. The average molecular weight is 364 g/mol. The van der Waals surface area contributed by atoms with Crippen molar-refractivity contribution in [2.75, 3.05) is 11.9 Å². The van der Waals surface area contributed by atoms with E-state index in [4.69, 9.17) is 0 Å². The second kappa shape index (κ2) is 7.06. The maximum atomic E-state index is 12.8. The van der Waals surface area contributed by atoms with E-state index in [2.05, 4.69) is 20.6 Å². The van der Waals surface area contributed by atoms with Crippen molar-refractivity contribution in [1.82, 2.24) is 24.9 Å². The van der Waals surface area contributed by atoms with Gasteiger partial charge in [0.15, 0.2) is 0 Å². The monoisotopic (exact) mass is 364 g/mol. The van der Waals surface area contributed by atoms with Gasteiger partial charge in [0.25, 0.3) is 5.91 Å². The van der Waals surface area contributed by atoms with Crippen molar-refractivity contribution in [3.63, 3.8) is 0 Å². The van der Waals surface area contributed by atoms with E-state index in [9.17, 15) is 9.59 Å². The lowest BCUT2D eigenvalue weighted by Gasteiger charge is -2.23. The van der Waals surface area contributed by atoms with Crippen LogP contribution in [0.25, 0.3) is 5.69 Å². The summed E-state index contributed by atoms with van der Waals surface area (Å²) in [7, 11) is 0. The van der Waals surface area contributed by atoms with Gasteiger partial charge in [-0.05, 0) is 50.1 Å². The summed E-state index contributed by atoms with van der Waals surface area (Å²) in [6.45, 7) is 2.39. The van der Waals surface area contributed by atoms with Crippen molar-refractivity contribution in [2.24, 2.45) is 0 Å². The average Bonchev–Trinajstić information content (AvgIpc) is 3.42. The molecule has 8 heteroatoms. The molecule has 0 aliphatic carbocycles. The zero-order valence-corrected chi connectivity index (χ0v) is 14.9. The van der Waals surface area contributed by atoms with E-state index < -0.39 is 6.04 Å². The molecule has 1 atom stereocenters. The molecular weight excluding hydrogens is 344 g/mol. The first kappa shape index (κ1) is 17.0. The third kappa shape index (κ3) is 3.46. The number of nitrogens with zero attached hydrogens (tertiary/aromatic N) is 4. The van der Waals surface area contributed by atoms with Gasteiger partial charge in [0.2, 0.25) is 5.91 Å². The van der Waals surface area contributed by atoms with E-state index in [0.717, 1.165) is 17.8 Å². The largest absolute Gasteiger partial charge is 0.325 e. The lowest BCUT2D eigenvalue weighted by Crippen LogP contribution is -2.43. The van der Waals surface area contributed by atoms with Crippen LogP contribution in [0.15, 0.2) is 48.8 Å². The SMILES string of the molecule is Cc1cc(C(=O)N2CCC[C@H]2C(=O)Nc2cccc(-n3cccn3)c2)n[nH]1. The lowest BCUT2D eigenvalue weighted by molar-refractivity contribution is -0.119. The molecule has 0 spiro atoms. The number of amides is 2. The van der Waals surface area contributed by atoms with Gasteiger partial charge in [-0.1, -0.05) is 6.07 Å². The third-order valence-electron chi connectivity index (χ3n) is 4.62. The number of rotatable bonds is 4. The molecule has 2 amide bonds. The smallest absolute Gasteiger partial charge is 0.275 e. The maximum Gasteiger partial charge on any atom is 0.275 e. The Bertz CT molecular complexity index is 962. The zero-order valence-electron chi connectivity index (χ0n) is 14.9. The molecule has 27 heavy (non-hydrogen) atoms. The molecule has 1 aliphatic heterocycles. The fourth-order valence-corrected chi connectivity index (χ4v) is 3.33. The summed E-state index contributed by atoms with van der Waals surface area (Å²) >= 11 is 0. The highest BCUT2D eigenvalue weighted by atomic mass is 16.2. The van der Waals surface area contributed by atoms with Crippen LogP contribution < -0.4 is 5.32 Å². The number of anilines is 1. The van der Waals surface area contributed by atoms with E-state index >= 15 is 0 Å². The van der Waals surface area contributed by atoms with Gasteiger partial charge in [-0.15, -0.1) is 0 Å². The van der Waals surface area contributed by atoms with Crippen LogP contribution in [-0.2, 0) is 4.79 Å². The van der Waals surface area contributed by atoms with Crippen LogP contribution in [0.4, 0.5) is 5.69 Å². The molecule has 1 fully saturated rings. The van der Waals surface area contributed by atoms with E-state index in [0.29, 0.717) is 24.3 Å². The van der Waals surface area contributed by atoms with Crippen molar-refractivity contribution in [3.8, 4) is 5.69 Å². The Labute approximate surface area is 156 Å². The topological polar surface area (TPSA) is 95.9 Å². The van der Waals surface area contributed by atoms with E-state index in [1.165, 1.54) is 0 Å². The summed E-state index contributed by atoms with van der Waals surface area (Å²) in [6.07, 6.45) is 4.97. The molecule has 1 saturated heterocycles. The van der Waals surface area contributed by atoms with Gasteiger partial charge in [0, 0.05) is 30.3 Å². The van der Waals surface area contributed by atoms with E-state index in [1.54, 1.807) is 21.8 Å². The van der Waals surface area contributed by atoms with E-state index in [1.807, 2.05) is 43.5 Å². The molecule has 0 saturated carbocycles. The quantitative estimate of drug-likeness (QED) is 0.741. The summed E-state index contributed by atoms with van der Waals surface area (Å²) in [5.41, 5.74) is 2.67. The van der Waals surface area contributed by atoms with Gasteiger partial charge in [0.05, 0.1) is 5.69 Å². The number of benzene rings is 1. The highest BCUT2D eigenvalue weighted by Crippen LogP contribution is 2.22. The molecule has 0 unspecified atom stereocenters. The predicted octanol–water partition coefficient (Wildman–Crippen LogP) is 2.15. The van der Waals surface area contributed by atoms with Crippen molar-refractivity contribution >= 4 is 17.5 Å². The highest BCUT2D eigenvalue weighted by molar-refractivity contribution is 6.01. The van der Waals surface area contributed by atoms with Crippen LogP contribution in [0, 0.1) is 6.92 Å². The second-order valence-electron chi connectivity index (χ2n) is 6.58. The minimum Gasteiger partial charge on any atom is -0.325 e. The number of hydrogen-bond donors (Lipinski definition) is 2. The molecule has 8 nitrogen and oxygen atoms in total. The molecule has 0 bridgehead atoms. The van der Waals surface area contributed by atoms with Crippen LogP contribution in [0.1, 0.15) is 29.0 Å². The summed E-state index contributed by atoms with van der Waals surface area (Å²) < 4.78 is 1.72. The number of aromatic amines is 1. The molecule has 2 aromatic heterocycles. The Hall–Kier alpha value is -3.42. The zero-order chi connectivity index (χ0) is 18.8. The first-order valence-electron chi connectivity index (χ1n) is 8.86. The Morgan fingerprint density at radius 1 is 1.26 bits per heavy atom. The van der Waals surface area contributed by atoms with Gasteiger partial charge in [-0.25, -0.2) is 4.68 Å². The highest BCUT2D eigenvalue weighted by Gasteiger charge is 2.35. The molecule has 1 aromatic carbocycles. The Kier molecular flexibility index (Phi) is 4.45. The molecule has 3 heterocycles. The number of carbonyl (C=O) groups excluding carboxylic acids is 2. The predicted molar refractivity (Wildman–Crippen MR) is 99.6 cm³/mol. The first-order chi connectivity index (χ1) is 13.1. The fraction of sp³-hybridized carbons (Fsp3) is 0.263. The number of aryl methyl sites for hydroxylation is 1. The first-order valence-corrected chi connectivity index (χ1v) is 8.86. The Balaban J connectivity index is 1.49. The molecule has 2 N–H and O–H groups in total. The van der Waals surface area contributed by atoms with Gasteiger partial charge in [-0.2, -0.15) is 10.2 Å². The number of carbonyl (C=O) groups is 2. The summed E-state index contributed by atoms with van der Waals surface area (Å²) in [4.78, 5) is 27.1. The molecule has 4 rings (SSSR count). The van der Waals surface area contributed by atoms with Crippen molar-refractivity contribution in [2.45, 2.75) is 25.8 Å². The van der Waals surface area contributed by atoms with Crippen molar-refractivity contribution < 1.29 is 9.59 Å². The van der Waals surface area contributed by atoms with Crippen LogP contribution in [0.3, 0.4) is 0 Å². The van der Waals surface area contributed by atoms with Gasteiger partial charge in [0.1, 0.15) is 11.7 Å². The van der Waals surface area contributed by atoms with Crippen molar-refractivity contribution in [1.29, 1.82) is 0 Å². The summed E-state index contributed by atoms with van der Waals surface area (Å²) in [6, 6.07) is 10.5.